The van der Waals surface area contributed by atoms with Gasteiger partial charge in [0.05, 0.1) is 19.3 Å². The zero-order valence-electron chi connectivity index (χ0n) is 8.76. The third-order valence-corrected chi connectivity index (χ3v) is 3.62. The van der Waals surface area contributed by atoms with E-state index in [4.69, 9.17) is 9.84 Å². The first-order valence-electron chi connectivity index (χ1n) is 5.35. The molecule has 0 radical (unpaired) electrons. The molecule has 1 N–H and O–H groups in total. The van der Waals surface area contributed by atoms with Gasteiger partial charge in [-0.05, 0) is 17.9 Å². The van der Waals surface area contributed by atoms with Gasteiger partial charge in [0.15, 0.2) is 0 Å². The maximum Gasteiger partial charge on any atom is 0.0932 e. The summed E-state index contributed by atoms with van der Waals surface area (Å²) in [6.07, 6.45) is 1.12. The third-order valence-electron chi connectivity index (χ3n) is 2.68. The van der Waals surface area contributed by atoms with Crippen molar-refractivity contribution in [3.8, 4) is 0 Å². The second kappa shape index (κ2) is 5.61. The van der Waals surface area contributed by atoms with Gasteiger partial charge >= 0.3 is 0 Å². The molecular formula is C11H17NO2S. The van der Waals surface area contributed by atoms with E-state index in [2.05, 4.69) is 22.4 Å². The minimum atomic E-state index is 0.0158. The molecule has 2 heterocycles. The average Bonchev–Trinajstić information content (AvgIpc) is 2.79. The Bertz CT molecular complexity index is 276. The molecule has 0 saturated carbocycles. The topological polar surface area (TPSA) is 32.7 Å². The lowest BCUT2D eigenvalue weighted by Gasteiger charge is -2.31. The van der Waals surface area contributed by atoms with Crippen LogP contribution in [-0.4, -0.2) is 49.0 Å². The number of ether oxygens (including phenoxy) is 1. The molecule has 2 rings (SSSR count). The van der Waals surface area contributed by atoms with Gasteiger partial charge in [-0.1, -0.05) is 6.07 Å². The normalized spacial score (nSPS) is 23.1. The molecule has 0 aromatic carbocycles. The molecule has 0 bridgehead atoms. The molecule has 0 aliphatic carbocycles. The number of hydrogen-bond donors (Lipinski definition) is 1. The number of hydrogen-bond acceptors (Lipinski definition) is 4. The van der Waals surface area contributed by atoms with Gasteiger partial charge in [-0.3, -0.25) is 4.90 Å². The average molecular weight is 227 g/mol. The zero-order chi connectivity index (χ0) is 10.5. The molecule has 15 heavy (non-hydrogen) atoms. The quantitative estimate of drug-likeness (QED) is 0.832. The van der Waals surface area contributed by atoms with Gasteiger partial charge in [-0.25, -0.2) is 0 Å². The summed E-state index contributed by atoms with van der Waals surface area (Å²) in [6.45, 7) is 3.80. The van der Waals surface area contributed by atoms with Crippen LogP contribution in [0.2, 0.25) is 0 Å². The Labute approximate surface area is 94.3 Å². The Morgan fingerprint density at radius 1 is 1.60 bits per heavy atom. The summed E-state index contributed by atoms with van der Waals surface area (Å²) in [5.41, 5.74) is 0. The standard InChI is InChI=1S/C11H17NO2S/c13-9-10-8-12(5-6-14-10)4-3-11-2-1-7-15-11/h1-2,7,10,13H,3-6,8-9H2. The lowest BCUT2D eigenvalue weighted by molar-refractivity contribution is -0.0522. The van der Waals surface area contributed by atoms with Crippen LogP contribution in [0.25, 0.3) is 0 Å². The molecule has 1 aliphatic rings. The highest BCUT2D eigenvalue weighted by Crippen LogP contribution is 2.11. The zero-order valence-corrected chi connectivity index (χ0v) is 9.58. The molecular weight excluding hydrogens is 210 g/mol. The molecule has 1 fully saturated rings. The second-order valence-electron chi connectivity index (χ2n) is 3.81. The van der Waals surface area contributed by atoms with Crippen molar-refractivity contribution in [2.75, 3.05) is 32.8 Å². The van der Waals surface area contributed by atoms with Gasteiger partial charge in [-0.15, -0.1) is 11.3 Å². The van der Waals surface area contributed by atoms with Crippen molar-refractivity contribution < 1.29 is 9.84 Å². The first-order chi connectivity index (χ1) is 7.38. The van der Waals surface area contributed by atoms with E-state index in [1.165, 1.54) is 4.88 Å². The van der Waals surface area contributed by atoms with E-state index in [9.17, 15) is 0 Å². The summed E-state index contributed by atoms with van der Waals surface area (Å²) in [4.78, 5) is 3.80. The molecule has 0 spiro atoms. The Morgan fingerprint density at radius 3 is 3.27 bits per heavy atom. The van der Waals surface area contributed by atoms with Crippen LogP contribution in [0.1, 0.15) is 4.88 Å². The predicted octanol–water partition coefficient (Wildman–Crippen LogP) is 0.984. The van der Waals surface area contributed by atoms with Crippen LogP contribution in [0, 0.1) is 0 Å². The Morgan fingerprint density at radius 2 is 2.53 bits per heavy atom. The number of rotatable bonds is 4. The molecule has 4 heteroatoms. The molecule has 1 unspecified atom stereocenters. The van der Waals surface area contributed by atoms with Crippen molar-refractivity contribution in [2.24, 2.45) is 0 Å². The van der Waals surface area contributed by atoms with Crippen LogP contribution < -0.4 is 0 Å². The lowest BCUT2D eigenvalue weighted by Crippen LogP contribution is -2.44. The Hall–Kier alpha value is -0.420. The van der Waals surface area contributed by atoms with Crippen LogP contribution in [0.15, 0.2) is 17.5 Å². The van der Waals surface area contributed by atoms with Crippen molar-refractivity contribution in [1.29, 1.82) is 0 Å². The van der Waals surface area contributed by atoms with Crippen LogP contribution in [-0.2, 0) is 11.2 Å². The van der Waals surface area contributed by atoms with Crippen LogP contribution in [0.3, 0.4) is 0 Å². The highest BCUT2D eigenvalue weighted by Gasteiger charge is 2.18. The molecule has 1 saturated heterocycles. The molecule has 3 nitrogen and oxygen atoms in total. The smallest absolute Gasteiger partial charge is 0.0932 e. The highest BCUT2D eigenvalue weighted by molar-refractivity contribution is 7.09. The molecule has 1 aromatic heterocycles. The number of aliphatic hydroxyl groups excluding tert-OH is 1. The minimum absolute atomic E-state index is 0.0158. The predicted molar refractivity (Wildman–Crippen MR) is 61.3 cm³/mol. The van der Waals surface area contributed by atoms with Gasteiger partial charge in [-0.2, -0.15) is 0 Å². The molecule has 1 aliphatic heterocycles. The fraction of sp³-hybridized carbons (Fsp3) is 0.636. The van der Waals surface area contributed by atoms with Gasteiger partial charge in [0.1, 0.15) is 0 Å². The van der Waals surface area contributed by atoms with Crippen molar-refractivity contribution in [1.82, 2.24) is 4.90 Å². The number of aliphatic hydroxyl groups is 1. The van der Waals surface area contributed by atoms with Gasteiger partial charge in [0.2, 0.25) is 0 Å². The number of morpholine rings is 1. The monoisotopic (exact) mass is 227 g/mol. The van der Waals surface area contributed by atoms with Crippen molar-refractivity contribution in [3.05, 3.63) is 22.4 Å². The van der Waals surface area contributed by atoms with Crippen LogP contribution >= 0.6 is 11.3 Å². The Kier molecular flexibility index (Phi) is 4.14. The lowest BCUT2D eigenvalue weighted by atomic mass is 10.2. The van der Waals surface area contributed by atoms with E-state index in [1.807, 2.05) is 11.3 Å². The summed E-state index contributed by atoms with van der Waals surface area (Å²) in [5.74, 6) is 0. The van der Waals surface area contributed by atoms with E-state index >= 15 is 0 Å². The molecule has 1 atom stereocenters. The minimum Gasteiger partial charge on any atom is -0.394 e. The van der Waals surface area contributed by atoms with E-state index in [1.54, 1.807) is 0 Å². The fourth-order valence-electron chi connectivity index (χ4n) is 1.82. The van der Waals surface area contributed by atoms with Gasteiger partial charge < -0.3 is 9.84 Å². The SMILES string of the molecule is OCC1CN(CCc2cccs2)CCO1. The molecule has 1 aromatic rings. The van der Waals surface area contributed by atoms with E-state index in [0.29, 0.717) is 0 Å². The molecule has 84 valence electrons. The largest absolute Gasteiger partial charge is 0.394 e. The van der Waals surface area contributed by atoms with E-state index in [-0.39, 0.29) is 12.7 Å². The summed E-state index contributed by atoms with van der Waals surface area (Å²) >= 11 is 1.81. The maximum atomic E-state index is 9.01. The number of nitrogens with zero attached hydrogens (tertiary/aromatic N) is 1. The molecule has 0 amide bonds. The Balaban J connectivity index is 1.74. The maximum absolute atomic E-state index is 9.01. The summed E-state index contributed by atoms with van der Waals surface area (Å²) in [5, 5.41) is 11.1. The van der Waals surface area contributed by atoms with Crippen molar-refractivity contribution >= 4 is 11.3 Å². The van der Waals surface area contributed by atoms with E-state index < -0.39 is 0 Å². The van der Waals surface area contributed by atoms with Crippen molar-refractivity contribution in [3.63, 3.8) is 0 Å². The summed E-state index contributed by atoms with van der Waals surface area (Å²) < 4.78 is 5.41. The highest BCUT2D eigenvalue weighted by atomic mass is 32.1. The summed E-state index contributed by atoms with van der Waals surface area (Å²) in [6, 6.07) is 4.27. The first kappa shape index (κ1) is 11.1. The van der Waals surface area contributed by atoms with Gasteiger partial charge in [0, 0.05) is 24.5 Å². The third kappa shape index (κ3) is 3.28. The first-order valence-corrected chi connectivity index (χ1v) is 6.23. The van der Waals surface area contributed by atoms with Crippen LogP contribution in [0.4, 0.5) is 0 Å². The van der Waals surface area contributed by atoms with Crippen LogP contribution in [0.5, 0.6) is 0 Å². The summed E-state index contributed by atoms with van der Waals surface area (Å²) in [7, 11) is 0. The van der Waals surface area contributed by atoms with Gasteiger partial charge in [0.25, 0.3) is 0 Å². The van der Waals surface area contributed by atoms with E-state index in [0.717, 1.165) is 32.7 Å². The second-order valence-corrected chi connectivity index (χ2v) is 4.84. The fourth-order valence-corrected chi connectivity index (χ4v) is 2.52. The number of thiophene rings is 1. The van der Waals surface area contributed by atoms with Crippen molar-refractivity contribution in [2.45, 2.75) is 12.5 Å².